The van der Waals surface area contributed by atoms with E-state index in [1.165, 1.54) is 25.7 Å². The van der Waals surface area contributed by atoms with Crippen LogP contribution in [0.15, 0.2) is 18.3 Å². The van der Waals surface area contributed by atoms with E-state index in [9.17, 15) is 4.79 Å². The van der Waals surface area contributed by atoms with Crippen LogP contribution in [0.3, 0.4) is 0 Å². The zero-order valence-corrected chi connectivity index (χ0v) is 15.1. The second kappa shape index (κ2) is 6.34. The molecule has 2 aromatic heterocycles. The van der Waals surface area contributed by atoms with E-state index in [4.69, 9.17) is 15.8 Å². The van der Waals surface area contributed by atoms with Crippen molar-refractivity contribution in [1.82, 2.24) is 19.9 Å². The van der Waals surface area contributed by atoms with Crippen molar-refractivity contribution >= 4 is 11.6 Å². The van der Waals surface area contributed by atoms with Gasteiger partial charge in [-0.2, -0.15) is 5.10 Å². The fourth-order valence-electron chi connectivity index (χ4n) is 4.62. The molecule has 3 N–H and O–H groups in total. The first-order valence-corrected chi connectivity index (χ1v) is 10.1. The lowest BCUT2D eigenvalue weighted by molar-refractivity contribution is -0.126. The summed E-state index contributed by atoms with van der Waals surface area (Å²) in [7, 11) is 0. The smallest absolute Gasteiger partial charge is 0.223 e. The minimum atomic E-state index is 0.0178. The number of amides is 1. The number of piperidine rings is 1. The summed E-state index contributed by atoms with van der Waals surface area (Å²) >= 11 is 0. The third kappa shape index (κ3) is 3.11. The van der Waals surface area contributed by atoms with Crippen molar-refractivity contribution < 1.29 is 4.79 Å². The Bertz CT molecular complexity index is 811. The van der Waals surface area contributed by atoms with Gasteiger partial charge >= 0.3 is 0 Å². The topological polar surface area (TPSA) is 85.3 Å². The lowest BCUT2D eigenvalue weighted by Crippen LogP contribution is -2.37. The number of fused-ring (bicyclic) bond motifs is 1. The molecule has 0 spiro atoms. The Balaban J connectivity index is 1.36. The molecule has 0 aromatic carbocycles. The molecule has 1 amide bonds. The summed E-state index contributed by atoms with van der Waals surface area (Å²) in [6.45, 7) is 0.799. The zero-order chi connectivity index (χ0) is 17.7. The van der Waals surface area contributed by atoms with Crippen molar-refractivity contribution in [1.29, 1.82) is 0 Å². The molecule has 1 unspecified atom stereocenters. The molecule has 2 atom stereocenters. The van der Waals surface area contributed by atoms with Gasteiger partial charge in [0.05, 0.1) is 23.6 Å². The van der Waals surface area contributed by atoms with Gasteiger partial charge in [-0.15, -0.1) is 0 Å². The molecule has 2 saturated carbocycles. The Morgan fingerprint density at radius 2 is 1.96 bits per heavy atom. The normalized spacial score (nSPS) is 24.8. The summed E-state index contributed by atoms with van der Waals surface area (Å²) in [6, 6.07) is 4.02. The van der Waals surface area contributed by atoms with Crippen molar-refractivity contribution in [2.75, 3.05) is 6.54 Å². The molecule has 1 aliphatic heterocycles. The minimum absolute atomic E-state index is 0.0178. The molecule has 138 valence electrons. The summed E-state index contributed by atoms with van der Waals surface area (Å²) in [5.41, 5.74) is 9.39. The average molecular weight is 353 g/mol. The predicted octanol–water partition coefficient (Wildman–Crippen LogP) is 2.23. The number of nitrogens with zero attached hydrogens (tertiary/aromatic N) is 3. The SMILES string of the molecule is N[C@H](c1cn2nc(CC3CCCNC3=O)ccc2n1)C(C1CC1)C1CC1. The van der Waals surface area contributed by atoms with Gasteiger partial charge in [-0.3, -0.25) is 4.79 Å². The highest BCUT2D eigenvalue weighted by Crippen LogP contribution is 2.53. The summed E-state index contributed by atoms with van der Waals surface area (Å²) in [4.78, 5) is 16.7. The molecular formula is C20H27N5O. The Morgan fingerprint density at radius 3 is 2.65 bits per heavy atom. The maximum atomic E-state index is 12.0. The first kappa shape index (κ1) is 16.2. The second-order valence-corrected chi connectivity index (χ2v) is 8.41. The van der Waals surface area contributed by atoms with Gasteiger partial charge in [0.15, 0.2) is 5.65 Å². The Hall–Kier alpha value is -1.95. The van der Waals surface area contributed by atoms with Gasteiger partial charge in [-0.05, 0) is 68.4 Å². The number of carbonyl (C=O) groups excluding carboxylic acids is 1. The van der Waals surface area contributed by atoms with E-state index >= 15 is 0 Å². The van der Waals surface area contributed by atoms with Crippen LogP contribution in [-0.4, -0.2) is 27.0 Å². The molecule has 3 heterocycles. The van der Waals surface area contributed by atoms with E-state index in [1.807, 2.05) is 22.8 Å². The van der Waals surface area contributed by atoms with Crippen molar-refractivity contribution in [3.63, 3.8) is 0 Å². The Morgan fingerprint density at radius 1 is 1.19 bits per heavy atom. The highest BCUT2D eigenvalue weighted by molar-refractivity contribution is 5.79. The van der Waals surface area contributed by atoms with E-state index in [-0.39, 0.29) is 17.9 Å². The third-order valence-electron chi connectivity index (χ3n) is 6.34. The molecule has 5 rings (SSSR count). The van der Waals surface area contributed by atoms with E-state index in [2.05, 4.69) is 5.32 Å². The fourth-order valence-corrected chi connectivity index (χ4v) is 4.62. The molecule has 2 aromatic rings. The maximum Gasteiger partial charge on any atom is 0.223 e. The van der Waals surface area contributed by atoms with E-state index < -0.39 is 0 Å². The van der Waals surface area contributed by atoms with E-state index in [1.54, 1.807) is 0 Å². The van der Waals surface area contributed by atoms with Crippen LogP contribution in [0.2, 0.25) is 0 Å². The van der Waals surface area contributed by atoms with Gasteiger partial charge in [-0.25, -0.2) is 9.50 Å². The average Bonchev–Trinajstić information content (AvgIpc) is 3.57. The highest BCUT2D eigenvalue weighted by Gasteiger charge is 2.45. The summed E-state index contributed by atoms with van der Waals surface area (Å²) in [5, 5.41) is 7.66. The first-order valence-electron chi connectivity index (χ1n) is 10.1. The van der Waals surface area contributed by atoms with Crippen LogP contribution < -0.4 is 11.1 Å². The summed E-state index contributed by atoms with van der Waals surface area (Å²) in [6.07, 6.45) is 9.99. The number of carbonyl (C=O) groups is 1. The van der Waals surface area contributed by atoms with Crippen molar-refractivity contribution in [3.05, 3.63) is 29.7 Å². The summed E-state index contributed by atoms with van der Waals surface area (Å²) in [5.74, 6) is 2.38. The fraction of sp³-hybridized carbons (Fsp3) is 0.650. The molecule has 1 saturated heterocycles. The van der Waals surface area contributed by atoms with Gasteiger partial charge in [0.25, 0.3) is 0 Å². The minimum Gasteiger partial charge on any atom is -0.356 e. The number of rotatable bonds is 6. The van der Waals surface area contributed by atoms with Gasteiger partial charge in [0, 0.05) is 18.9 Å². The third-order valence-corrected chi connectivity index (χ3v) is 6.34. The van der Waals surface area contributed by atoms with Crippen LogP contribution in [0.25, 0.3) is 5.65 Å². The van der Waals surface area contributed by atoms with Crippen LogP contribution in [0.5, 0.6) is 0 Å². The number of aromatic nitrogens is 3. The van der Waals surface area contributed by atoms with Crippen molar-refractivity contribution in [2.45, 2.75) is 51.0 Å². The zero-order valence-electron chi connectivity index (χ0n) is 15.1. The number of nitrogens with one attached hydrogen (secondary N) is 1. The molecule has 3 aliphatic rings. The molecule has 0 bridgehead atoms. The number of hydrogen-bond donors (Lipinski definition) is 2. The molecule has 26 heavy (non-hydrogen) atoms. The second-order valence-electron chi connectivity index (χ2n) is 8.41. The van der Waals surface area contributed by atoms with Crippen LogP contribution in [-0.2, 0) is 11.2 Å². The Kier molecular flexibility index (Phi) is 3.96. The van der Waals surface area contributed by atoms with Crippen molar-refractivity contribution in [3.8, 4) is 0 Å². The van der Waals surface area contributed by atoms with Gasteiger partial charge in [-0.1, -0.05) is 0 Å². The summed E-state index contributed by atoms with van der Waals surface area (Å²) < 4.78 is 1.85. The number of hydrogen-bond acceptors (Lipinski definition) is 4. The van der Waals surface area contributed by atoms with E-state index in [0.717, 1.165) is 48.3 Å². The molecular weight excluding hydrogens is 326 g/mol. The quantitative estimate of drug-likeness (QED) is 0.834. The van der Waals surface area contributed by atoms with E-state index in [0.29, 0.717) is 12.3 Å². The van der Waals surface area contributed by atoms with Gasteiger partial charge in [0.1, 0.15) is 0 Å². The first-order chi connectivity index (χ1) is 12.7. The van der Waals surface area contributed by atoms with Crippen LogP contribution in [0.1, 0.15) is 56.0 Å². The number of imidazole rings is 1. The number of nitrogens with two attached hydrogens (primary N) is 1. The van der Waals surface area contributed by atoms with Crippen LogP contribution in [0.4, 0.5) is 0 Å². The Labute approximate surface area is 153 Å². The lowest BCUT2D eigenvalue weighted by atomic mass is 9.88. The molecule has 2 aliphatic carbocycles. The van der Waals surface area contributed by atoms with Gasteiger partial charge in [0.2, 0.25) is 5.91 Å². The van der Waals surface area contributed by atoms with Crippen LogP contribution in [0, 0.1) is 23.7 Å². The monoisotopic (exact) mass is 353 g/mol. The molecule has 3 fully saturated rings. The molecule has 0 radical (unpaired) electrons. The lowest BCUT2D eigenvalue weighted by Gasteiger charge is -2.21. The highest BCUT2D eigenvalue weighted by atomic mass is 16.1. The van der Waals surface area contributed by atoms with Crippen molar-refractivity contribution in [2.24, 2.45) is 29.4 Å². The molecule has 6 heteroatoms. The predicted molar refractivity (Wildman–Crippen MR) is 98.3 cm³/mol. The molecule has 6 nitrogen and oxygen atoms in total. The standard InChI is InChI=1S/C20H27N5O/c21-19(18(12-3-4-12)13-5-6-13)16-11-25-17(23-16)8-7-15(24-25)10-14-2-1-9-22-20(14)26/h7-8,11-14,18-19H,1-6,9-10,21H2,(H,22,26)/t14?,19-/m1/s1. The van der Waals surface area contributed by atoms with Crippen LogP contribution >= 0.6 is 0 Å². The maximum absolute atomic E-state index is 12.0. The largest absolute Gasteiger partial charge is 0.356 e. The van der Waals surface area contributed by atoms with Gasteiger partial charge < -0.3 is 11.1 Å².